The standard InChI is InChI=1S/C17H18N4S/c1-11-2-3-15-14(6-11)13(8-18-15)9-21-5-4-12-7-19-17(22)20-16(12)10-21/h2-3,6-8,18H,4-5,9-10H2,1H3,(H,19,20,22). The SMILES string of the molecule is Cc1ccc2[nH]cc(CN3CCc4cnc(=S)[nH]c4C3)c2c1. The molecule has 5 heteroatoms. The molecule has 1 aliphatic heterocycles. The first-order valence-electron chi connectivity index (χ1n) is 7.55. The van der Waals surface area contributed by atoms with E-state index < -0.39 is 0 Å². The molecule has 0 aliphatic carbocycles. The summed E-state index contributed by atoms with van der Waals surface area (Å²) in [4.78, 5) is 13.2. The summed E-state index contributed by atoms with van der Waals surface area (Å²) in [6.07, 6.45) is 5.07. The van der Waals surface area contributed by atoms with E-state index in [2.05, 4.69) is 51.2 Å². The van der Waals surface area contributed by atoms with Crippen LogP contribution in [-0.4, -0.2) is 26.4 Å². The maximum atomic E-state index is 5.14. The van der Waals surface area contributed by atoms with Crippen LogP contribution >= 0.6 is 12.2 Å². The van der Waals surface area contributed by atoms with Crippen molar-refractivity contribution in [2.24, 2.45) is 0 Å². The number of nitrogens with one attached hydrogen (secondary N) is 2. The number of aromatic amines is 2. The van der Waals surface area contributed by atoms with E-state index >= 15 is 0 Å². The first kappa shape index (κ1) is 13.7. The summed E-state index contributed by atoms with van der Waals surface area (Å²) in [5.74, 6) is 0. The fourth-order valence-corrected chi connectivity index (χ4v) is 3.37. The van der Waals surface area contributed by atoms with E-state index in [-0.39, 0.29) is 0 Å². The van der Waals surface area contributed by atoms with Gasteiger partial charge in [-0.1, -0.05) is 11.6 Å². The Morgan fingerprint density at radius 2 is 2.27 bits per heavy atom. The monoisotopic (exact) mass is 310 g/mol. The van der Waals surface area contributed by atoms with Crippen LogP contribution in [0.2, 0.25) is 0 Å². The second-order valence-electron chi connectivity index (χ2n) is 6.02. The first-order chi connectivity index (χ1) is 10.7. The third-order valence-corrected chi connectivity index (χ3v) is 4.59. The lowest BCUT2D eigenvalue weighted by Crippen LogP contribution is -2.30. The molecule has 0 amide bonds. The topological polar surface area (TPSA) is 47.7 Å². The maximum absolute atomic E-state index is 5.14. The predicted molar refractivity (Wildman–Crippen MR) is 90.3 cm³/mol. The normalized spacial score (nSPS) is 15.1. The van der Waals surface area contributed by atoms with Crippen molar-refractivity contribution in [3.63, 3.8) is 0 Å². The van der Waals surface area contributed by atoms with Gasteiger partial charge in [-0.05, 0) is 48.8 Å². The molecule has 0 radical (unpaired) electrons. The Kier molecular flexibility index (Phi) is 3.32. The Morgan fingerprint density at radius 3 is 3.18 bits per heavy atom. The number of benzene rings is 1. The van der Waals surface area contributed by atoms with Gasteiger partial charge in [0.15, 0.2) is 4.77 Å². The molecule has 112 valence electrons. The lowest BCUT2D eigenvalue weighted by Gasteiger charge is -2.27. The third kappa shape index (κ3) is 2.46. The van der Waals surface area contributed by atoms with Crippen molar-refractivity contribution < 1.29 is 0 Å². The van der Waals surface area contributed by atoms with Gasteiger partial charge < -0.3 is 9.97 Å². The van der Waals surface area contributed by atoms with Crippen molar-refractivity contribution in [3.05, 3.63) is 57.7 Å². The van der Waals surface area contributed by atoms with Gasteiger partial charge in [-0.2, -0.15) is 0 Å². The van der Waals surface area contributed by atoms with Gasteiger partial charge >= 0.3 is 0 Å². The Bertz CT molecular complexity index is 893. The highest BCUT2D eigenvalue weighted by atomic mass is 32.1. The smallest absolute Gasteiger partial charge is 0.196 e. The van der Waals surface area contributed by atoms with Gasteiger partial charge in [0, 0.05) is 48.6 Å². The van der Waals surface area contributed by atoms with Crippen LogP contribution < -0.4 is 0 Å². The molecule has 0 atom stereocenters. The molecule has 3 heterocycles. The molecule has 0 unspecified atom stereocenters. The lowest BCUT2D eigenvalue weighted by molar-refractivity contribution is 0.242. The Hall–Kier alpha value is -1.98. The van der Waals surface area contributed by atoms with Gasteiger partial charge in [-0.3, -0.25) is 4.90 Å². The fraction of sp³-hybridized carbons (Fsp3) is 0.294. The van der Waals surface area contributed by atoms with Crippen molar-refractivity contribution in [2.75, 3.05) is 6.54 Å². The second kappa shape index (κ2) is 5.34. The molecule has 0 spiro atoms. The van der Waals surface area contributed by atoms with E-state index in [9.17, 15) is 0 Å². The molecule has 22 heavy (non-hydrogen) atoms. The van der Waals surface area contributed by atoms with E-state index in [0.29, 0.717) is 4.77 Å². The van der Waals surface area contributed by atoms with E-state index in [1.54, 1.807) is 0 Å². The predicted octanol–water partition coefficient (Wildman–Crippen LogP) is 3.49. The average Bonchev–Trinajstić information content (AvgIpc) is 2.89. The number of aryl methyl sites for hydroxylation is 1. The van der Waals surface area contributed by atoms with Crippen LogP contribution in [0.5, 0.6) is 0 Å². The van der Waals surface area contributed by atoms with E-state index in [1.165, 1.54) is 33.3 Å². The maximum Gasteiger partial charge on any atom is 0.196 e. The van der Waals surface area contributed by atoms with Gasteiger partial charge in [0.2, 0.25) is 0 Å². The molecule has 0 fully saturated rings. The summed E-state index contributed by atoms with van der Waals surface area (Å²) in [6.45, 7) is 5.05. The van der Waals surface area contributed by atoms with E-state index in [1.807, 2.05) is 6.20 Å². The lowest BCUT2D eigenvalue weighted by atomic mass is 10.1. The van der Waals surface area contributed by atoms with Gasteiger partial charge in [0.25, 0.3) is 0 Å². The molecule has 2 aromatic heterocycles. The summed E-state index contributed by atoms with van der Waals surface area (Å²) in [5.41, 5.74) is 6.37. The van der Waals surface area contributed by atoms with Crippen molar-refractivity contribution >= 4 is 23.1 Å². The molecule has 1 aliphatic rings. The number of nitrogens with zero attached hydrogens (tertiary/aromatic N) is 2. The minimum absolute atomic E-state index is 0.573. The minimum atomic E-state index is 0.573. The Balaban J connectivity index is 1.61. The summed E-state index contributed by atoms with van der Waals surface area (Å²) in [6, 6.07) is 6.56. The van der Waals surface area contributed by atoms with Gasteiger partial charge in [0.1, 0.15) is 0 Å². The number of hydrogen-bond donors (Lipinski definition) is 2. The third-order valence-electron chi connectivity index (χ3n) is 4.38. The Morgan fingerprint density at radius 1 is 1.36 bits per heavy atom. The van der Waals surface area contributed by atoms with Crippen LogP contribution in [0.15, 0.2) is 30.6 Å². The fourth-order valence-electron chi connectivity index (χ4n) is 3.19. The van der Waals surface area contributed by atoms with Crippen molar-refractivity contribution in [1.82, 2.24) is 19.9 Å². The molecule has 4 rings (SSSR count). The molecular weight excluding hydrogens is 292 g/mol. The second-order valence-corrected chi connectivity index (χ2v) is 6.40. The van der Waals surface area contributed by atoms with Gasteiger partial charge in [0.05, 0.1) is 0 Å². The van der Waals surface area contributed by atoms with Crippen LogP contribution in [0.25, 0.3) is 10.9 Å². The van der Waals surface area contributed by atoms with Gasteiger partial charge in [-0.15, -0.1) is 0 Å². The largest absolute Gasteiger partial charge is 0.361 e. The summed E-state index contributed by atoms with van der Waals surface area (Å²) in [7, 11) is 0. The number of hydrogen-bond acceptors (Lipinski definition) is 3. The molecule has 4 nitrogen and oxygen atoms in total. The van der Waals surface area contributed by atoms with Crippen LogP contribution in [0, 0.1) is 11.7 Å². The number of aromatic nitrogens is 3. The van der Waals surface area contributed by atoms with Crippen LogP contribution in [-0.2, 0) is 19.5 Å². The minimum Gasteiger partial charge on any atom is -0.361 e. The average molecular weight is 310 g/mol. The molecule has 2 N–H and O–H groups in total. The van der Waals surface area contributed by atoms with Crippen molar-refractivity contribution in [2.45, 2.75) is 26.4 Å². The molecular formula is C17H18N4S. The zero-order chi connectivity index (χ0) is 15.1. The zero-order valence-electron chi connectivity index (χ0n) is 12.5. The number of H-pyrrole nitrogens is 2. The quantitative estimate of drug-likeness (QED) is 0.712. The molecule has 3 aromatic rings. The number of fused-ring (bicyclic) bond motifs is 2. The zero-order valence-corrected chi connectivity index (χ0v) is 13.3. The van der Waals surface area contributed by atoms with Gasteiger partial charge in [-0.25, -0.2) is 4.98 Å². The van der Waals surface area contributed by atoms with E-state index in [0.717, 1.165) is 26.1 Å². The molecule has 0 saturated heterocycles. The van der Waals surface area contributed by atoms with Crippen LogP contribution in [0.3, 0.4) is 0 Å². The van der Waals surface area contributed by atoms with Crippen molar-refractivity contribution in [1.29, 1.82) is 0 Å². The summed E-state index contributed by atoms with van der Waals surface area (Å²) in [5, 5.41) is 1.33. The molecule has 0 saturated carbocycles. The van der Waals surface area contributed by atoms with E-state index in [4.69, 9.17) is 12.2 Å². The van der Waals surface area contributed by atoms with Crippen LogP contribution in [0.1, 0.15) is 22.4 Å². The Labute approximate surface area is 134 Å². The van der Waals surface area contributed by atoms with Crippen molar-refractivity contribution in [3.8, 4) is 0 Å². The highest BCUT2D eigenvalue weighted by Crippen LogP contribution is 2.23. The van der Waals surface area contributed by atoms with Crippen LogP contribution in [0.4, 0.5) is 0 Å². The first-order valence-corrected chi connectivity index (χ1v) is 7.96. The highest BCUT2D eigenvalue weighted by molar-refractivity contribution is 7.71. The molecule has 0 bridgehead atoms. The summed E-state index contributed by atoms with van der Waals surface area (Å²) >= 11 is 5.14. The summed E-state index contributed by atoms with van der Waals surface area (Å²) < 4.78 is 0.573. The highest BCUT2D eigenvalue weighted by Gasteiger charge is 2.18. The number of rotatable bonds is 2. The molecule has 1 aromatic carbocycles.